The number of hydrogen-bond acceptors (Lipinski definition) is 2. The van der Waals surface area contributed by atoms with Crippen LogP contribution in [0.2, 0.25) is 0 Å². The number of H-pyrrole nitrogens is 1. The molecule has 1 fully saturated rings. The van der Waals surface area contributed by atoms with Crippen molar-refractivity contribution in [2.45, 2.75) is 39.2 Å². The standard InChI is InChI=1S/C10H17N3/c1-7-8(6-12-13-7)5-9(11)10(2)3-4-10/h6,9H,3-5,11H2,1-2H3,(H,12,13). The Morgan fingerprint density at radius 2 is 2.38 bits per heavy atom. The van der Waals surface area contributed by atoms with Crippen molar-refractivity contribution in [3.63, 3.8) is 0 Å². The second-order valence-electron chi connectivity index (χ2n) is 4.48. The van der Waals surface area contributed by atoms with E-state index >= 15 is 0 Å². The van der Waals surface area contributed by atoms with Crippen LogP contribution in [0, 0.1) is 12.3 Å². The van der Waals surface area contributed by atoms with Crippen LogP contribution >= 0.6 is 0 Å². The number of nitrogens with zero attached hydrogens (tertiary/aromatic N) is 1. The summed E-state index contributed by atoms with van der Waals surface area (Å²) in [6, 6.07) is 0.295. The smallest absolute Gasteiger partial charge is 0.0522 e. The van der Waals surface area contributed by atoms with Crippen molar-refractivity contribution in [3.8, 4) is 0 Å². The third kappa shape index (κ3) is 1.61. The molecule has 0 bridgehead atoms. The maximum atomic E-state index is 6.13. The fourth-order valence-electron chi connectivity index (χ4n) is 1.63. The lowest BCUT2D eigenvalue weighted by atomic mass is 9.94. The molecule has 13 heavy (non-hydrogen) atoms. The van der Waals surface area contributed by atoms with Gasteiger partial charge in [-0.15, -0.1) is 0 Å². The number of nitrogens with one attached hydrogen (secondary N) is 1. The van der Waals surface area contributed by atoms with Crippen LogP contribution in [-0.4, -0.2) is 16.2 Å². The molecule has 1 saturated carbocycles. The van der Waals surface area contributed by atoms with Crippen molar-refractivity contribution in [1.29, 1.82) is 0 Å². The molecule has 1 unspecified atom stereocenters. The van der Waals surface area contributed by atoms with Gasteiger partial charge < -0.3 is 5.73 Å². The van der Waals surface area contributed by atoms with Crippen molar-refractivity contribution in [2.75, 3.05) is 0 Å². The third-order valence-electron chi connectivity index (χ3n) is 3.31. The van der Waals surface area contributed by atoms with Crippen LogP contribution in [0.25, 0.3) is 0 Å². The highest BCUT2D eigenvalue weighted by Gasteiger charge is 2.42. The van der Waals surface area contributed by atoms with Gasteiger partial charge in [0, 0.05) is 11.7 Å². The first kappa shape index (κ1) is 8.75. The Morgan fingerprint density at radius 3 is 2.85 bits per heavy atom. The maximum Gasteiger partial charge on any atom is 0.0522 e. The van der Waals surface area contributed by atoms with Gasteiger partial charge in [0.2, 0.25) is 0 Å². The minimum atomic E-state index is 0.295. The number of hydrogen-bond donors (Lipinski definition) is 2. The van der Waals surface area contributed by atoms with Crippen LogP contribution in [0.3, 0.4) is 0 Å². The average molecular weight is 179 g/mol. The molecule has 3 nitrogen and oxygen atoms in total. The summed E-state index contributed by atoms with van der Waals surface area (Å²) in [4.78, 5) is 0. The maximum absolute atomic E-state index is 6.13. The number of aromatic amines is 1. The summed E-state index contributed by atoms with van der Waals surface area (Å²) in [6.45, 7) is 4.32. The number of aryl methyl sites for hydroxylation is 1. The molecular formula is C10H17N3. The highest BCUT2D eigenvalue weighted by atomic mass is 15.1. The lowest BCUT2D eigenvalue weighted by Crippen LogP contribution is -2.31. The quantitative estimate of drug-likeness (QED) is 0.736. The Balaban J connectivity index is 2.02. The van der Waals surface area contributed by atoms with Crippen molar-refractivity contribution < 1.29 is 0 Å². The SMILES string of the molecule is Cc1[nH]ncc1CC(N)C1(C)CC1. The van der Waals surface area contributed by atoms with Crippen LogP contribution in [0.4, 0.5) is 0 Å². The zero-order valence-corrected chi connectivity index (χ0v) is 8.30. The fraction of sp³-hybridized carbons (Fsp3) is 0.700. The molecule has 1 atom stereocenters. The van der Waals surface area contributed by atoms with Gasteiger partial charge in [-0.2, -0.15) is 5.10 Å². The zero-order valence-electron chi connectivity index (χ0n) is 8.30. The predicted octanol–water partition coefficient (Wildman–Crippen LogP) is 1.39. The van der Waals surface area contributed by atoms with E-state index in [0.717, 1.165) is 12.1 Å². The third-order valence-corrected chi connectivity index (χ3v) is 3.31. The summed E-state index contributed by atoms with van der Waals surface area (Å²) >= 11 is 0. The van der Waals surface area contributed by atoms with Gasteiger partial charge in [-0.05, 0) is 37.2 Å². The van der Waals surface area contributed by atoms with E-state index < -0.39 is 0 Å². The van der Waals surface area contributed by atoms with Gasteiger partial charge >= 0.3 is 0 Å². The Hall–Kier alpha value is -0.830. The molecule has 1 aliphatic rings. The Labute approximate surface area is 78.7 Å². The van der Waals surface area contributed by atoms with Crippen LogP contribution in [0.5, 0.6) is 0 Å². The van der Waals surface area contributed by atoms with E-state index in [4.69, 9.17) is 5.73 Å². The molecule has 2 rings (SSSR count). The average Bonchev–Trinajstić information content (AvgIpc) is 2.72. The highest BCUT2D eigenvalue weighted by Crippen LogP contribution is 2.48. The molecule has 0 aliphatic heterocycles. The Kier molecular flexibility index (Phi) is 1.91. The number of nitrogens with two attached hydrogens (primary N) is 1. The normalized spacial score (nSPS) is 21.5. The van der Waals surface area contributed by atoms with Crippen LogP contribution in [0.15, 0.2) is 6.20 Å². The minimum Gasteiger partial charge on any atom is -0.327 e. The summed E-state index contributed by atoms with van der Waals surface area (Å²) in [6.07, 6.45) is 5.41. The predicted molar refractivity (Wildman–Crippen MR) is 52.3 cm³/mol. The molecule has 0 radical (unpaired) electrons. The molecule has 0 saturated heterocycles. The lowest BCUT2D eigenvalue weighted by molar-refractivity contribution is 0.432. The van der Waals surface area contributed by atoms with Crippen molar-refractivity contribution in [2.24, 2.45) is 11.1 Å². The van der Waals surface area contributed by atoms with Crippen molar-refractivity contribution in [3.05, 3.63) is 17.5 Å². The van der Waals surface area contributed by atoms with Crippen LogP contribution < -0.4 is 5.73 Å². The molecule has 0 aromatic carbocycles. The summed E-state index contributed by atoms with van der Waals surface area (Å²) < 4.78 is 0. The van der Waals surface area contributed by atoms with E-state index in [1.54, 1.807) is 0 Å². The molecule has 0 spiro atoms. The van der Waals surface area contributed by atoms with Gasteiger partial charge in [-0.25, -0.2) is 0 Å². The van der Waals surface area contributed by atoms with Crippen molar-refractivity contribution in [1.82, 2.24) is 10.2 Å². The van der Waals surface area contributed by atoms with Gasteiger partial charge in [-0.1, -0.05) is 6.92 Å². The monoisotopic (exact) mass is 179 g/mol. The fourth-order valence-corrected chi connectivity index (χ4v) is 1.63. The summed E-state index contributed by atoms with van der Waals surface area (Å²) in [5, 5.41) is 6.94. The Morgan fingerprint density at radius 1 is 1.69 bits per heavy atom. The van der Waals surface area contributed by atoms with Crippen molar-refractivity contribution >= 4 is 0 Å². The van der Waals surface area contributed by atoms with Gasteiger partial charge in [0.1, 0.15) is 0 Å². The van der Waals surface area contributed by atoms with E-state index in [1.165, 1.54) is 18.4 Å². The summed E-state index contributed by atoms with van der Waals surface area (Å²) in [5.41, 5.74) is 8.96. The van der Waals surface area contributed by atoms with E-state index in [-0.39, 0.29) is 0 Å². The topological polar surface area (TPSA) is 54.7 Å². The lowest BCUT2D eigenvalue weighted by Gasteiger charge is -2.17. The van der Waals surface area contributed by atoms with E-state index in [2.05, 4.69) is 17.1 Å². The number of rotatable bonds is 3. The minimum absolute atomic E-state index is 0.295. The molecule has 1 aliphatic carbocycles. The van der Waals surface area contributed by atoms with Gasteiger partial charge in [0.05, 0.1) is 6.20 Å². The number of aromatic nitrogens is 2. The molecule has 0 amide bonds. The van der Waals surface area contributed by atoms with E-state index in [1.807, 2.05) is 13.1 Å². The summed E-state index contributed by atoms with van der Waals surface area (Å²) in [7, 11) is 0. The van der Waals surface area contributed by atoms with E-state index in [9.17, 15) is 0 Å². The molecule has 3 N–H and O–H groups in total. The molecule has 1 aromatic heterocycles. The Bertz CT molecular complexity index is 299. The second-order valence-corrected chi connectivity index (χ2v) is 4.48. The zero-order chi connectivity index (χ0) is 9.47. The van der Waals surface area contributed by atoms with Crippen LogP contribution in [-0.2, 0) is 6.42 Å². The second kappa shape index (κ2) is 2.84. The first-order chi connectivity index (χ1) is 6.12. The molecule has 72 valence electrons. The largest absolute Gasteiger partial charge is 0.327 e. The van der Waals surface area contributed by atoms with Gasteiger partial charge in [0.15, 0.2) is 0 Å². The molecule has 3 heteroatoms. The molecule has 1 aromatic rings. The highest BCUT2D eigenvalue weighted by molar-refractivity contribution is 5.17. The summed E-state index contributed by atoms with van der Waals surface area (Å²) in [5.74, 6) is 0. The first-order valence-corrected chi connectivity index (χ1v) is 4.86. The van der Waals surface area contributed by atoms with Gasteiger partial charge in [-0.3, -0.25) is 5.10 Å². The first-order valence-electron chi connectivity index (χ1n) is 4.86. The van der Waals surface area contributed by atoms with E-state index in [0.29, 0.717) is 11.5 Å². The molecule has 1 heterocycles. The molecular weight excluding hydrogens is 162 g/mol. The van der Waals surface area contributed by atoms with Crippen LogP contribution in [0.1, 0.15) is 31.0 Å². The van der Waals surface area contributed by atoms with Gasteiger partial charge in [0.25, 0.3) is 0 Å².